The molecule has 0 radical (unpaired) electrons. The largest absolute Gasteiger partial charge is 0.356 e. The van der Waals surface area contributed by atoms with Gasteiger partial charge in [-0.2, -0.15) is 0 Å². The Kier molecular flexibility index (Phi) is 5.17. The lowest BCUT2D eigenvalue weighted by Gasteiger charge is -2.36. The number of rotatable bonds is 5. The molecule has 0 bridgehead atoms. The number of anilines is 1. The molecule has 2 N–H and O–H groups in total. The summed E-state index contributed by atoms with van der Waals surface area (Å²) in [7, 11) is 0. The number of aryl methyl sites for hydroxylation is 1. The molecule has 1 saturated heterocycles. The minimum absolute atomic E-state index is 0.0632. The molecule has 1 aliphatic rings. The summed E-state index contributed by atoms with van der Waals surface area (Å²) < 4.78 is 0. The quantitative estimate of drug-likeness (QED) is 0.860. The van der Waals surface area contributed by atoms with E-state index < -0.39 is 0 Å². The number of aromatic nitrogens is 2. The first-order valence-corrected chi connectivity index (χ1v) is 7.66. The summed E-state index contributed by atoms with van der Waals surface area (Å²) in [5.41, 5.74) is -0.0632. The second-order valence-electron chi connectivity index (χ2n) is 5.78. The van der Waals surface area contributed by atoms with Crippen molar-refractivity contribution in [1.29, 1.82) is 0 Å². The van der Waals surface area contributed by atoms with Crippen LogP contribution in [0.15, 0.2) is 10.9 Å². The molecule has 1 aromatic heterocycles. The molecule has 0 aliphatic carbocycles. The van der Waals surface area contributed by atoms with Crippen molar-refractivity contribution in [3.05, 3.63) is 22.2 Å². The maximum absolute atomic E-state index is 11.6. The Balaban J connectivity index is 2.04. The topological polar surface area (TPSA) is 61.0 Å². The molecule has 2 atom stereocenters. The van der Waals surface area contributed by atoms with Crippen LogP contribution < -0.4 is 15.8 Å². The molecule has 0 spiro atoms. The van der Waals surface area contributed by atoms with Gasteiger partial charge in [-0.15, -0.1) is 0 Å². The summed E-state index contributed by atoms with van der Waals surface area (Å²) in [6.07, 6.45) is 3.57. The molecule has 0 amide bonds. The number of nitrogens with one attached hydrogen (secondary N) is 2. The fourth-order valence-corrected chi connectivity index (χ4v) is 2.89. The molecular formula is C15H26N4O. The van der Waals surface area contributed by atoms with Gasteiger partial charge in [-0.25, -0.2) is 4.98 Å². The average molecular weight is 278 g/mol. The first kappa shape index (κ1) is 15.0. The van der Waals surface area contributed by atoms with Gasteiger partial charge >= 0.3 is 0 Å². The van der Waals surface area contributed by atoms with E-state index in [4.69, 9.17) is 0 Å². The molecular weight excluding hydrogens is 252 g/mol. The zero-order valence-corrected chi connectivity index (χ0v) is 12.8. The summed E-state index contributed by atoms with van der Waals surface area (Å²) in [6, 6.07) is 2.13. The monoisotopic (exact) mass is 278 g/mol. The van der Waals surface area contributed by atoms with Gasteiger partial charge in [-0.1, -0.05) is 6.92 Å². The van der Waals surface area contributed by atoms with Gasteiger partial charge in [-0.3, -0.25) is 4.79 Å². The second-order valence-corrected chi connectivity index (χ2v) is 5.78. The van der Waals surface area contributed by atoms with E-state index in [9.17, 15) is 4.79 Å². The third kappa shape index (κ3) is 3.82. The highest BCUT2D eigenvalue weighted by molar-refractivity contribution is 5.38. The summed E-state index contributed by atoms with van der Waals surface area (Å²) in [5, 5.41) is 3.58. The molecule has 112 valence electrons. The Hall–Kier alpha value is -1.36. The highest BCUT2D eigenvalue weighted by Gasteiger charge is 2.25. The maximum Gasteiger partial charge on any atom is 0.252 e. The van der Waals surface area contributed by atoms with Crippen molar-refractivity contribution >= 4 is 5.82 Å². The number of piperidine rings is 1. The van der Waals surface area contributed by atoms with Crippen molar-refractivity contribution < 1.29 is 0 Å². The maximum atomic E-state index is 11.6. The Morgan fingerprint density at radius 3 is 3.10 bits per heavy atom. The smallest absolute Gasteiger partial charge is 0.252 e. The van der Waals surface area contributed by atoms with Crippen LogP contribution in [0.5, 0.6) is 0 Å². The molecule has 1 aliphatic heterocycles. The lowest BCUT2D eigenvalue weighted by atomic mass is 9.91. The summed E-state index contributed by atoms with van der Waals surface area (Å²) >= 11 is 0. The predicted octanol–water partition coefficient (Wildman–Crippen LogP) is 1.68. The number of hydrogen-bond donors (Lipinski definition) is 2. The lowest BCUT2D eigenvalue weighted by molar-refractivity contribution is 0.320. The van der Waals surface area contributed by atoms with Gasteiger partial charge in [0.25, 0.3) is 5.56 Å². The van der Waals surface area contributed by atoms with Gasteiger partial charge in [0.05, 0.1) is 0 Å². The lowest BCUT2D eigenvalue weighted by Crippen LogP contribution is -2.45. The van der Waals surface area contributed by atoms with Crippen LogP contribution in [0.1, 0.15) is 38.9 Å². The number of hydrogen-bond acceptors (Lipinski definition) is 4. The van der Waals surface area contributed by atoms with Gasteiger partial charge in [-0.05, 0) is 45.6 Å². The molecule has 5 nitrogen and oxygen atoms in total. The molecule has 1 aromatic rings. The van der Waals surface area contributed by atoms with E-state index in [1.807, 2.05) is 6.92 Å². The van der Waals surface area contributed by atoms with E-state index in [-0.39, 0.29) is 5.56 Å². The van der Waals surface area contributed by atoms with Crippen molar-refractivity contribution in [3.63, 3.8) is 0 Å². The summed E-state index contributed by atoms with van der Waals surface area (Å²) in [5.74, 6) is 2.13. The second kappa shape index (κ2) is 6.88. The van der Waals surface area contributed by atoms with Crippen molar-refractivity contribution in [2.24, 2.45) is 5.92 Å². The molecule has 5 heteroatoms. The fourth-order valence-electron chi connectivity index (χ4n) is 2.89. The van der Waals surface area contributed by atoms with Gasteiger partial charge in [0.15, 0.2) is 0 Å². The number of nitrogens with zero attached hydrogens (tertiary/aromatic N) is 2. The van der Waals surface area contributed by atoms with Gasteiger partial charge < -0.3 is 15.2 Å². The average Bonchev–Trinajstić information content (AvgIpc) is 2.44. The van der Waals surface area contributed by atoms with E-state index in [0.29, 0.717) is 17.8 Å². The van der Waals surface area contributed by atoms with E-state index in [1.54, 1.807) is 6.07 Å². The van der Waals surface area contributed by atoms with Gasteiger partial charge in [0.1, 0.15) is 11.6 Å². The van der Waals surface area contributed by atoms with Crippen LogP contribution in [0.25, 0.3) is 0 Å². The standard InChI is InChI=1S/C15H26N4O/c1-4-7-16-11(2)13-6-5-8-19(10-13)14-9-15(20)18-12(3)17-14/h9,11,13,16H,4-8,10H2,1-3H3,(H,17,18,20). The van der Waals surface area contributed by atoms with E-state index in [0.717, 1.165) is 38.3 Å². The molecule has 0 saturated carbocycles. The normalized spacial score (nSPS) is 20.9. The van der Waals surface area contributed by atoms with Crippen LogP contribution in [0.3, 0.4) is 0 Å². The summed E-state index contributed by atoms with van der Waals surface area (Å²) in [4.78, 5) is 21.0. The zero-order chi connectivity index (χ0) is 14.5. The number of aromatic amines is 1. The fraction of sp³-hybridized carbons (Fsp3) is 0.733. The molecule has 0 aromatic carbocycles. The minimum Gasteiger partial charge on any atom is -0.356 e. The molecule has 1 fully saturated rings. The highest BCUT2D eigenvalue weighted by atomic mass is 16.1. The molecule has 2 rings (SSSR count). The zero-order valence-electron chi connectivity index (χ0n) is 12.8. The van der Waals surface area contributed by atoms with Crippen LogP contribution >= 0.6 is 0 Å². The first-order chi connectivity index (χ1) is 9.60. The van der Waals surface area contributed by atoms with Crippen LogP contribution in [-0.2, 0) is 0 Å². The van der Waals surface area contributed by atoms with Crippen molar-refractivity contribution in [2.45, 2.75) is 46.1 Å². The third-order valence-electron chi connectivity index (χ3n) is 4.05. The minimum atomic E-state index is -0.0632. The van der Waals surface area contributed by atoms with Crippen molar-refractivity contribution in [2.75, 3.05) is 24.5 Å². The highest BCUT2D eigenvalue weighted by Crippen LogP contribution is 2.23. The third-order valence-corrected chi connectivity index (χ3v) is 4.05. The Bertz CT molecular complexity index is 485. The van der Waals surface area contributed by atoms with Crippen LogP contribution in [0, 0.1) is 12.8 Å². The van der Waals surface area contributed by atoms with Crippen molar-refractivity contribution in [1.82, 2.24) is 15.3 Å². The van der Waals surface area contributed by atoms with E-state index in [1.165, 1.54) is 6.42 Å². The first-order valence-electron chi connectivity index (χ1n) is 7.66. The Morgan fingerprint density at radius 1 is 1.60 bits per heavy atom. The molecule has 2 unspecified atom stereocenters. The van der Waals surface area contributed by atoms with Crippen LogP contribution in [-0.4, -0.2) is 35.6 Å². The summed E-state index contributed by atoms with van der Waals surface area (Å²) in [6.45, 7) is 9.33. The van der Waals surface area contributed by atoms with Crippen LogP contribution in [0.2, 0.25) is 0 Å². The number of H-pyrrole nitrogens is 1. The van der Waals surface area contributed by atoms with E-state index >= 15 is 0 Å². The molecule has 2 heterocycles. The SMILES string of the molecule is CCCNC(C)C1CCCN(c2cc(=O)[nH]c(C)n2)C1. The van der Waals surface area contributed by atoms with Gasteiger partial charge in [0, 0.05) is 25.2 Å². The molecule has 20 heavy (non-hydrogen) atoms. The Morgan fingerprint density at radius 2 is 2.40 bits per heavy atom. The Labute approximate surface area is 120 Å². The van der Waals surface area contributed by atoms with Crippen LogP contribution in [0.4, 0.5) is 5.82 Å². The van der Waals surface area contributed by atoms with E-state index in [2.05, 4.69) is 34.0 Å². The predicted molar refractivity (Wildman–Crippen MR) is 82.3 cm³/mol. The van der Waals surface area contributed by atoms with Crippen molar-refractivity contribution in [3.8, 4) is 0 Å². The van der Waals surface area contributed by atoms with Gasteiger partial charge in [0.2, 0.25) is 0 Å².